The maximum Gasteiger partial charge on any atom is 0.253 e. The van der Waals surface area contributed by atoms with Crippen molar-refractivity contribution in [2.75, 3.05) is 5.75 Å². The lowest BCUT2D eigenvalue weighted by molar-refractivity contribution is -0.130. The molecular weight excluding hydrogens is 454 g/mol. The minimum absolute atomic E-state index is 0.00869. The summed E-state index contributed by atoms with van der Waals surface area (Å²) in [7, 11) is 0. The van der Waals surface area contributed by atoms with E-state index < -0.39 is 0 Å². The molecule has 0 aliphatic carbocycles. The normalized spacial score (nSPS) is 17.8. The molecule has 0 bridgehead atoms. The standard InChI is InChI=1S/C28H27N5OS/c34-27(19-35-28-30-29-26-13-5-2-8-16-32(26)28)33-25(21-10-3-1-4-11-21)18-24(31-33)23-15-14-20-9-6-7-12-22(20)17-23/h1,3-4,6-7,9-12,14-15,17,25H,2,5,8,13,16,18-19H2. The second kappa shape index (κ2) is 9.66. The molecule has 1 aromatic heterocycles. The van der Waals surface area contributed by atoms with E-state index >= 15 is 0 Å². The van der Waals surface area contributed by atoms with Crippen molar-refractivity contribution in [3.63, 3.8) is 0 Å². The summed E-state index contributed by atoms with van der Waals surface area (Å²) in [4.78, 5) is 13.5. The summed E-state index contributed by atoms with van der Waals surface area (Å²) in [5.41, 5.74) is 3.11. The highest BCUT2D eigenvalue weighted by molar-refractivity contribution is 7.99. The van der Waals surface area contributed by atoms with Gasteiger partial charge in [0, 0.05) is 19.4 Å². The number of fused-ring (bicyclic) bond motifs is 2. The zero-order valence-corrected chi connectivity index (χ0v) is 20.3. The van der Waals surface area contributed by atoms with Crippen LogP contribution in [0.5, 0.6) is 0 Å². The van der Waals surface area contributed by atoms with Gasteiger partial charge in [-0.05, 0) is 40.8 Å². The average Bonchev–Trinajstić information content (AvgIpc) is 3.45. The van der Waals surface area contributed by atoms with E-state index in [-0.39, 0.29) is 17.7 Å². The number of hydrogen-bond donors (Lipinski definition) is 0. The van der Waals surface area contributed by atoms with E-state index in [1.165, 1.54) is 29.0 Å². The van der Waals surface area contributed by atoms with Gasteiger partial charge in [-0.2, -0.15) is 5.10 Å². The third kappa shape index (κ3) is 4.48. The van der Waals surface area contributed by atoms with E-state index in [0.717, 1.165) is 53.6 Å². The van der Waals surface area contributed by atoms with Crippen LogP contribution in [0.4, 0.5) is 0 Å². The molecule has 3 heterocycles. The van der Waals surface area contributed by atoms with Crippen LogP contribution < -0.4 is 0 Å². The molecule has 0 N–H and O–H groups in total. The van der Waals surface area contributed by atoms with Gasteiger partial charge in [0.1, 0.15) is 5.82 Å². The predicted octanol–water partition coefficient (Wildman–Crippen LogP) is 5.63. The molecule has 35 heavy (non-hydrogen) atoms. The number of hydrogen-bond acceptors (Lipinski definition) is 5. The molecule has 0 spiro atoms. The molecule has 4 aromatic rings. The van der Waals surface area contributed by atoms with Gasteiger partial charge in [0.2, 0.25) is 0 Å². The van der Waals surface area contributed by atoms with Gasteiger partial charge in [-0.15, -0.1) is 10.2 Å². The van der Waals surface area contributed by atoms with Gasteiger partial charge in [0.25, 0.3) is 5.91 Å². The Hall–Kier alpha value is -3.45. The molecule has 1 amide bonds. The minimum Gasteiger partial charge on any atom is -0.306 e. The zero-order chi connectivity index (χ0) is 23.6. The SMILES string of the molecule is O=C(CSc1nnc2n1CCCCC2)N1N=C(c2ccc3ccccc3c2)CC1c1ccccc1. The number of aromatic nitrogens is 3. The maximum atomic E-state index is 13.5. The lowest BCUT2D eigenvalue weighted by Crippen LogP contribution is -2.28. The smallest absolute Gasteiger partial charge is 0.253 e. The van der Waals surface area contributed by atoms with Crippen molar-refractivity contribution in [1.29, 1.82) is 0 Å². The van der Waals surface area contributed by atoms with Crippen molar-refractivity contribution in [1.82, 2.24) is 19.8 Å². The molecule has 6 nitrogen and oxygen atoms in total. The van der Waals surface area contributed by atoms with Crippen LogP contribution in [0.1, 0.15) is 48.7 Å². The van der Waals surface area contributed by atoms with Crippen LogP contribution in [-0.2, 0) is 17.8 Å². The van der Waals surface area contributed by atoms with Crippen molar-refractivity contribution >= 4 is 34.2 Å². The van der Waals surface area contributed by atoms with Crippen LogP contribution in [0.2, 0.25) is 0 Å². The number of benzene rings is 3. The van der Waals surface area contributed by atoms with E-state index in [4.69, 9.17) is 5.10 Å². The van der Waals surface area contributed by atoms with Gasteiger partial charge in [0.05, 0.1) is 17.5 Å². The molecule has 3 aromatic carbocycles. The summed E-state index contributed by atoms with van der Waals surface area (Å²) in [6, 6.07) is 24.8. The Labute approximate surface area is 209 Å². The molecular formula is C28H27N5OS. The largest absolute Gasteiger partial charge is 0.306 e. The highest BCUT2D eigenvalue weighted by atomic mass is 32.2. The number of carbonyl (C=O) groups is 1. The Balaban J connectivity index is 1.26. The number of nitrogens with zero attached hydrogens (tertiary/aromatic N) is 5. The van der Waals surface area contributed by atoms with Gasteiger partial charge < -0.3 is 4.57 Å². The van der Waals surface area contributed by atoms with Gasteiger partial charge in [-0.3, -0.25) is 4.79 Å². The summed E-state index contributed by atoms with van der Waals surface area (Å²) in [6.07, 6.45) is 5.15. The van der Waals surface area contributed by atoms with Crippen LogP contribution in [0.15, 0.2) is 83.1 Å². The first-order valence-electron chi connectivity index (χ1n) is 12.2. The fraction of sp³-hybridized carbons (Fsp3) is 0.286. The Morgan fingerprint density at radius 2 is 1.74 bits per heavy atom. The zero-order valence-electron chi connectivity index (χ0n) is 19.5. The molecule has 0 saturated heterocycles. The third-order valence-corrected chi connectivity index (χ3v) is 7.78. The average molecular weight is 482 g/mol. The number of hydrazone groups is 1. The third-order valence-electron chi connectivity index (χ3n) is 6.83. The predicted molar refractivity (Wildman–Crippen MR) is 139 cm³/mol. The fourth-order valence-corrected chi connectivity index (χ4v) is 5.81. The quantitative estimate of drug-likeness (QED) is 0.347. The van der Waals surface area contributed by atoms with Gasteiger partial charge >= 0.3 is 0 Å². The number of carbonyl (C=O) groups excluding carboxylic acids is 1. The van der Waals surface area contributed by atoms with E-state index in [9.17, 15) is 4.79 Å². The molecule has 176 valence electrons. The van der Waals surface area contributed by atoms with Crippen LogP contribution in [0, 0.1) is 0 Å². The number of thioether (sulfide) groups is 1. The summed E-state index contributed by atoms with van der Waals surface area (Å²) >= 11 is 1.47. The number of amides is 1. The first-order valence-corrected chi connectivity index (χ1v) is 13.2. The van der Waals surface area contributed by atoms with Gasteiger partial charge in [-0.25, -0.2) is 5.01 Å². The maximum absolute atomic E-state index is 13.5. The summed E-state index contributed by atoms with van der Waals surface area (Å²) < 4.78 is 2.19. The lowest BCUT2D eigenvalue weighted by Gasteiger charge is -2.22. The molecule has 2 aliphatic rings. The molecule has 1 unspecified atom stereocenters. The Morgan fingerprint density at radius 1 is 0.914 bits per heavy atom. The van der Waals surface area contributed by atoms with E-state index in [1.54, 1.807) is 5.01 Å². The topological polar surface area (TPSA) is 63.4 Å². The van der Waals surface area contributed by atoms with Gasteiger partial charge in [0.15, 0.2) is 5.16 Å². The molecule has 0 saturated carbocycles. The summed E-state index contributed by atoms with van der Waals surface area (Å²) in [5.74, 6) is 1.32. The molecule has 7 heteroatoms. The molecule has 1 atom stereocenters. The van der Waals surface area contributed by atoms with Crippen molar-refractivity contribution in [3.05, 3.63) is 89.7 Å². The van der Waals surface area contributed by atoms with Crippen molar-refractivity contribution in [2.24, 2.45) is 5.10 Å². The van der Waals surface area contributed by atoms with Crippen molar-refractivity contribution in [2.45, 2.75) is 49.8 Å². The number of aryl methyl sites for hydroxylation is 1. The van der Waals surface area contributed by atoms with Crippen LogP contribution in [-0.4, -0.2) is 37.1 Å². The molecule has 0 fully saturated rings. The van der Waals surface area contributed by atoms with Crippen LogP contribution in [0.3, 0.4) is 0 Å². The van der Waals surface area contributed by atoms with Gasteiger partial charge in [-0.1, -0.05) is 84.9 Å². The van der Waals surface area contributed by atoms with Crippen LogP contribution >= 0.6 is 11.8 Å². The monoisotopic (exact) mass is 481 g/mol. The number of rotatable bonds is 5. The summed E-state index contributed by atoms with van der Waals surface area (Å²) in [5, 5.41) is 18.5. The van der Waals surface area contributed by atoms with Crippen molar-refractivity contribution < 1.29 is 4.79 Å². The molecule has 0 radical (unpaired) electrons. The fourth-order valence-electron chi connectivity index (χ4n) is 4.98. The van der Waals surface area contributed by atoms with E-state index in [2.05, 4.69) is 57.2 Å². The first kappa shape index (κ1) is 22.0. The highest BCUT2D eigenvalue weighted by Gasteiger charge is 2.33. The highest BCUT2D eigenvalue weighted by Crippen LogP contribution is 2.34. The second-order valence-electron chi connectivity index (χ2n) is 9.13. The van der Waals surface area contributed by atoms with Crippen molar-refractivity contribution in [3.8, 4) is 0 Å². The Kier molecular flexibility index (Phi) is 6.08. The Morgan fingerprint density at radius 3 is 2.63 bits per heavy atom. The molecule has 6 rings (SSSR count). The van der Waals surface area contributed by atoms with E-state index in [0.29, 0.717) is 6.42 Å². The first-order chi connectivity index (χ1) is 17.3. The van der Waals surface area contributed by atoms with E-state index in [1.807, 2.05) is 30.3 Å². The van der Waals surface area contributed by atoms with Crippen LogP contribution in [0.25, 0.3) is 10.8 Å². The minimum atomic E-state index is -0.110. The summed E-state index contributed by atoms with van der Waals surface area (Å²) in [6.45, 7) is 0.930. The Bertz CT molecular complexity index is 1400. The lowest BCUT2D eigenvalue weighted by atomic mass is 9.97. The second-order valence-corrected chi connectivity index (χ2v) is 10.1. The molecule has 2 aliphatic heterocycles.